The molecule has 1 heterocycles. The first-order valence-corrected chi connectivity index (χ1v) is 5.88. The average Bonchev–Trinajstić information content (AvgIpc) is 2.34. The highest BCUT2D eigenvalue weighted by molar-refractivity contribution is 6.31. The number of hydrogen-bond donors (Lipinski definition) is 1. The summed E-state index contributed by atoms with van der Waals surface area (Å²) in [4.78, 5) is 3.95. The zero-order chi connectivity index (χ0) is 12.3. The summed E-state index contributed by atoms with van der Waals surface area (Å²) in [5, 5.41) is 10.9. The third kappa shape index (κ3) is 2.84. The van der Waals surface area contributed by atoms with Gasteiger partial charge >= 0.3 is 0 Å². The van der Waals surface area contributed by atoms with Gasteiger partial charge in [0.25, 0.3) is 0 Å². The van der Waals surface area contributed by atoms with Gasteiger partial charge in [0.05, 0.1) is 6.10 Å². The molecular formula is C14H14ClNO. The molecule has 1 atom stereocenters. The molecule has 0 saturated heterocycles. The van der Waals surface area contributed by atoms with Crippen molar-refractivity contribution in [2.24, 2.45) is 0 Å². The second-order valence-corrected chi connectivity index (χ2v) is 4.44. The molecule has 1 aromatic heterocycles. The molecule has 2 rings (SSSR count). The molecule has 88 valence electrons. The van der Waals surface area contributed by atoms with Crippen molar-refractivity contribution < 1.29 is 5.11 Å². The molecule has 0 aliphatic rings. The minimum Gasteiger partial charge on any atom is -0.388 e. The lowest BCUT2D eigenvalue weighted by Gasteiger charge is -2.14. The molecule has 0 spiro atoms. The molecule has 1 N–H and O–H groups in total. The van der Waals surface area contributed by atoms with Crippen LogP contribution in [-0.2, 0) is 6.42 Å². The van der Waals surface area contributed by atoms with Gasteiger partial charge in [0.15, 0.2) is 0 Å². The fraction of sp³-hybridized carbons (Fsp3) is 0.214. The number of pyridine rings is 1. The molecule has 1 aromatic carbocycles. The molecule has 0 amide bonds. The SMILES string of the molecule is Cc1c(Cl)cccc1C(O)Cc1ccncc1. The van der Waals surface area contributed by atoms with Gasteiger partial charge in [-0.3, -0.25) is 4.98 Å². The standard InChI is InChI=1S/C14H14ClNO/c1-10-12(3-2-4-13(10)15)14(17)9-11-5-7-16-8-6-11/h2-8,14,17H,9H2,1H3. The molecule has 17 heavy (non-hydrogen) atoms. The van der Waals surface area contributed by atoms with Crippen molar-refractivity contribution in [3.05, 3.63) is 64.4 Å². The Morgan fingerprint density at radius 2 is 1.94 bits per heavy atom. The van der Waals surface area contributed by atoms with E-state index in [0.29, 0.717) is 11.4 Å². The Morgan fingerprint density at radius 1 is 1.24 bits per heavy atom. The fourth-order valence-corrected chi connectivity index (χ4v) is 2.02. The van der Waals surface area contributed by atoms with Crippen LogP contribution in [0.15, 0.2) is 42.7 Å². The highest BCUT2D eigenvalue weighted by atomic mass is 35.5. The van der Waals surface area contributed by atoms with Crippen LogP contribution in [0.5, 0.6) is 0 Å². The first kappa shape index (κ1) is 12.1. The summed E-state index contributed by atoms with van der Waals surface area (Å²) in [6.07, 6.45) is 3.50. The summed E-state index contributed by atoms with van der Waals surface area (Å²) < 4.78 is 0. The third-order valence-electron chi connectivity index (χ3n) is 2.85. The van der Waals surface area contributed by atoms with Crippen LogP contribution in [0.1, 0.15) is 22.8 Å². The summed E-state index contributed by atoms with van der Waals surface area (Å²) in [6, 6.07) is 9.42. The van der Waals surface area contributed by atoms with Crippen molar-refractivity contribution >= 4 is 11.6 Å². The van der Waals surface area contributed by atoms with E-state index >= 15 is 0 Å². The molecule has 1 unspecified atom stereocenters. The van der Waals surface area contributed by atoms with Gasteiger partial charge in [0.2, 0.25) is 0 Å². The van der Waals surface area contributed by atoms with Crippen molar-refractivity contribution in [1.82, 2.24) is 4.98 Å². The van der Waals surface area contributed by atoms with Gasteiger partial charge in [-0.05, 0) is 41.8 Å². The molecule has 0 aliphatic carbocycles. The molecule has 2 nitrogen and oxygen atoms in total. The maximum absolute atomic E-state index is 10.2. The normalized spacial score (nSPS) is 12.4. The van der Waals surface area contributed by atoms with E-state index in [2.05, 4.69) is 4.98 Å². The molecule has 0 fully saturated rings. The Labute approximate surface area is 106 Å². The van der Waals surface area contributed by atoms with Gasteiger partial charge in [0.1, 0.15) is 0 Å². The largest absolute Gasteiger partial charge is 0.388 e. The first-order chi connectivity index (χ1) is 8.18. The van der Waals surface area contributed by atoms with E-state index in [1.807, 2.05) is 37.3 Å². The summed E-state index contributed by atoms with van der Waals surface area (Å²) in [7, 11) is 0. The lowest BCUT2D eigenvalue weighted by Crippen LogP contribution is -2.04. The van der Waals surface area contributed by atoms with E-state index in [0.717, 1.165) is 16.7 Å². The topological polar surface area (TPSA) is 33.1 Å². The van der Waals surface area contributed by atoms with E-state index < -0.39 is 6.10 Å². The van der Waals surface area contributed by atoms with Crippen molar-refractivity contribution in [1.29, 1.82) is 0 Å². The van der Waals surface area contributed by atoms with Gasteiger partial charge in [-0.25, -0.2) is 0 Å². The van der Waals surface area contributed by atoms with Gasteiger partial charge in [-0.15, -0.1) is 0 Å². The van der Waals surface area contributed by atoms with E-state index in [-0.39, 0.29) is 0 Å². The van der Waals surface area contributed by atoms with Crippen LogP contribution in [-0.4, -0.2) is 10.1 Å². The quantitative estimate of drug-likeness (QED) is 0.903. The number of halogens is 1. The summed E-state index contributed by atoms with van der Waals surface area (Å²) in [5.41, 5.74) is 2.89. The molecule has 0 bridgehead atoms. The van der Waals surface area contributed by atoms with Crippen molar-refractivity contribution in [2.45, 2.75) is 19.4 Å². The van der Waals surface area contributed by atoms with Crippen LogP contribution in [0.4, 0.5) is 0 Å². The molecule has 3 heteroatoms. The molecule has 2 aromatic rings. The Hall–Kier alpha value is -1.38. The maximum atomic E-state index is 10.2. The monoisotopic (exact) mass is 247 g/mol. The van der Waals surface area contributed by atoms with Crippen LogP contribution >= 0.6 is 11.6 Å². The van der Waals surface area contributed by atoms with Gasteiger partial charge < -0.3 is 5.11 Å². The second kappa shape index (κ2) is 5.30. The number of benzene rings is 1. The number of aliphatic hydroxyl groups excluding tert-OH is 1. The molecular weight excluding hydrogens is 234 g/mol. The van der Waals surface area contributed by atoms with Crippen molar-refractivity contribution in [3.8, 4) is 0 Å². The van der Waals surface area contributed by atoms with Gasteiger partial charge in [-0.1, -0.05) is 23.7 Å². The minimum atomic E-state index is -0.531. The summed E-state index contributed by atoms with van der Waals surface area (Å²) >= 11 is 6.04. The van der Waals surface area contributed by atoms with Gasteiger partial charge in [0, 0.05) is 23.8 Å². The van der Waals surface area contributed by atoms with Gasteiger partial charge in [-0.2, -0.15) is 0 Å². The fourth-order valence-electron chi connectivity index (χ4n) is 1.84. The average molecular weight is 248 g/mol. The highest BCUT2D eigenvalue weighted by Gasteiger charge is 2.12. The zero-order valence-corrected chi connectivity index (χ0v) is 10.4. The number of hydrogen-bond acceptors (Lipinski definition) is 2. The minimum absolute atomic E-state index is 0.531. The lowest BCUT2D eigenvalue weighted by atomic mass is 9.98. The Morgan fingerprint density at radius 3 is 2.65 bits per heavy atom. The predicted molar refractivity (Wildman–Crippen MR) is 69.1 cm³/mol. The highest BCUT2D eigenvalue weighted by Crippen LogP contribution is 2.26. The van der Waals surface area contributed by atoms with Crippen LogP contribution in [0.25, 0.3) is 0 Å². The van der Waals surface area contributed by atoms with E-state index in [4.69, 9.17) is 11.6 Å². The Balaban J connectivity index is 2.20. The summed E-state index contributed by atoms with van der Waals surface area (Å²) in [6.45, 7) is 1.92. The van der Waals surface area contributed by atoms with Crippen LogP contribution in [0.3, 0.4) is 0 Å². The summed E-state index contributed by atoms with van der Waals surface area (Å²) in [5.74, 6) is 0. The van der Waals surface area contributed by atoms with E-state index in [9.17, 15) is 5.11 Å². The lowest BCUT2D eigenvalue weighted by molar-refractivity contribution is 0.177. The molecule has 0 aliphatic heterocycles. The smallest absolute Gasteiger partial charge is 0.0833 e. The maximum Gasteiger partial charge on any atom is 0.0833 e. The Kier molecular flexibility index (Phi) is 3.77. The predicted octanol–water partition coefficient (Wildman–Crippen LogP) is 3.32. The van der Waals surface area contributed by atoms with Crippen molar-refractivity contribution in [3.63, 3.8) is 0 Å². The Bertz CT molecular complexity index is 499. The number of nitrogens with zero attached hydrogens (tertiary/aromatic N) is 1. The molecule has 0 radical (unpaired) electrons. The molecule has 0 saturated carbocycles. The van der Waals surface area contributed by atoms with E-state index in [1.54, 1.807) is 12.4 Å². The van der Waals surface area contributed by atoms with Crippen LogP contribution in [0, 0.1) is 6.92 Å². The number of rotatable bonds is 3. The van der Waals surface area contributed by atoms with E-state index in [1.165, 1.54) is 0 Å². The number of aromatic nitrogens is 1. The first-order valence-electron chi connectivity index (χ1n) is 5.50. The van der Waals surface area contributed by atoms with Crippen molar-refractivity contribution in [2.75, 3.05) is 0 Å². The van der Waals surface area contributed by atoms with Crippen LogP contribution in [0.2, 0.25) is 5.02 Å². The number of aliphatic hydroxyl groups is 1. The second-order valence-electron chi connectivity index (χ2n) is 4.03. The third-order valence-corrected chi connectivity index (χ3v) is 3.26. The van der Waals surface area contributed by atoms with Crippen LogP contribution < -0.4 is 0 Å². The zero-order valence-electron chi connectivity index (χ0n) is 9.60.